The number of nitrogens with two attached hydrogens (primary N) is 1. The fraction of sp³-hybridized carbons (Fsp3) is 0.125. The van der Waals surface area contributed by atoms with Gasteiger partial charge in [-0.3, -0.25) is 0 Å². The van der Waals surface area contributed by atoms with Crippen molar-refractivity contribution in [2.45, 2.75) is 22.9 Å². The highest BCUT2D eigenvalue weighted by molar-refractivity contribution is 7.91. The SMILES string of the molecule is COc1ccccc1C(N)c1oc(-c2ccccc2C)nc1S(=O)(=O)c1ccc(Cl)c(Cl)c1. The summed E-state index contributed by atoms with van der Waals surface area (Å²) in [5.41, 5.74) is 8.60. The van der Waals surface area contributed by atoms with Crippen molar-refractivity contribution in [3.05, 3.63) is 93.7 Å². The number of aryl methyl sites for hydroxylation is 1. The molecule has 0 spiro atoms. The third-order valence-electron chi connectivity index (χ3n) is 5.21. The summed E-state index contributed by atoms with van der Waals surface area (Å²) in [4.78, 5) is 4.32. The van der Waals surface area contributed by atoms with E-state index in [0.29, 0.717) is 16.9 Å². The number of aromatic nitrogens is 1. The number of ether oxygens (including phenoxy) is 1. The molecule has 0 saturated carbocycles. The number of sulfone groups is 1. The molecule has 0 amide bonds. The quantitative estimate of drug-likeness (QED) is 0.355. The lowest BCUT2D eigenvalue weighted by atomic mass is 10.0. The molecule has 0 aliphatic heterocycles. The molecule has 0 radical (unpaired) electrons. The molecule has 33 heavy (non-hydrogen) atoms. The van der Waals surface area contributed by atoms with E-state index in [9.17, 15) is 8.42 Å². The van der Waals surface area contributed by atoms with Crippen LogP contribution in [0.4, 0.5) is 0 Å². The smallest absolute Gasteiger partial charge is 0.227 e. The van der Waals surface area contributed by atoms with Crippen molar-refractivity contribution in [3.63, 3.8) is 0 Å². The summed E-state index contributed by atoms with van der Waals surface area (Å²) < 4.78 is 38.7. The zero-order valence-electron chi connectivity index (χ0n) is 17.7. The van der Waals surface area contributed by atoms with Gasteiger partial charge in [0, 0.05) is 11.1 Å². The van der Waals surface area contributed by atoms with E-state index in [1.54, 1.807) is 30.3 Å². The van der Waals surface area contributed by atoms with Crippen LogP contribution in [0.5, 0.6) is 5.75 Å². The highest BCUT2D eigenvalue weighted by Gasteiger charge is 2.33. The van der Waals surface area contributed by atoms with Crippen molar-refractivity contribution in [2.75, 3.05) is 7.11 Å². The molecule has 4 rings (SSSR count). The maximum Gasteiger partial charge on any atom is 0.227 e. The molecule has 0 saturated heterocycles. The average molecular weight is 503 g/mol. The zero-order chi connectivity index (χ0) is 23.8. The highest BCUT2D eigenvalue weighted by Crippen LogP contribution is 2.38. The molecule has 1 aromatic heterocycles. The van der Waals surface area contributed by atoms with Gasteiger partial charge in [-0.2, -0.15) is 4.98 Å². The predicted molar refractivity (Wildman–Crippen MR) is 128 cm³/mol. The normalized spacial score (nSPS) is 12.5. The molecular weight excluding hydrogens is 483 g/mol. The van der Waals surface area contributed by atoms with E-state index in [-0.39, 0.29) is 31.6 Å². The van der Waals surface area contributed by atoms with Crippen LogP contribution in [0, 0.1) is 6.92 Å². The van der Waals surface area contributed by atoms with E-state index in [0.717, 1.165) is 5.56 Å². The minimum absolute atomic E-state index is 0.0103. The van der Waals surface area contributed by atoms with Gasteiger partial charge in [0.15, 0.2) is 5.76 Å². The molecule has 0 aliphatic carbocycles. The number of methoxy groups -OCH3 is 1. The monoisotopic (exact) mass is 502 g/mol. The lowest BCUT2D eigenvalue weighted by molar-refractivity contribution is 0.402. The second kappa shape index (κ2) is 9.19. The van der Waals surface area contributed by atoms with Crippen molar-refractivity contribution in [1.82, 2.24) is 4.98 Å². The average Bonchev–Trinajstić information content (AvgIpc) is 3.26. The Morgan fingerprint density at radius 3 is 2.39 bits per heavy atom. The number of benzene rings is 3. The van der Waals surface area contributed by atoms with Crippen LogP contribution >= 0.6 is 23.2 Å². The molecule has 170 valence electrons. The molecule has 9 heteroatoms. The largest absolute Gasteiger partial charge is 0.496 e. The summed E-state index contributed by atoms with van der Waals surface area (Å²) in [6, 6.07) is 17.5. The predicted octanol–water partition coefficient (Wildman–Crippen LogP) is 5.85. The molecule has 2 N–H and O–H groups in total. The van der Waals surface area contributed by atoms with Crippen LogP contribution in [-0.4, -0.2) is 20.5 Å². The second-order valence-electron chi connectivity index (χ2n) is 7.30. The Morgan fingerprint density at radius 2 is 1.70 bits per heavy atom. The minimum atomic E-state index is -4.15. The molecule has 0 fully saturated rings. The molecule has 6 nitrogen and oxygen atoms in total. The van der Waals surface area contributed by atoms with Gasteiger partial charge in [0.05, 0.1) is 28.1 Å². The van der Waals surface area contributed by atoms with Gasteiger partial charge in [0.25, 0.3) is 0 Å². The third-order valence-corrected chi connectivity index (χ3v) is 7.62. The topological polar surface area (TPSA) is 95.4 Å². The fourth-order valence-corrected chi connectivity index (χ4v) is 5.20. The summed E-state index contributed by atoms with van der Waals surface area (Å²) in [6.45, 7) is 1.88. The van der Waals surface area contributed by atoms with E-state index >= 15 is 0 Å². The van der Waals surface area contributed by atoms with E-state index < -0.39 is 15.9 Å². The minimum Gasteiger partial charge on any atom is -0.496 e. The van der Waals surface area contributed by atoms with Gasteiger partial charge >= 0.3 is 0 Å². The van der Waals surface area contributed by atoms with Gasteiger partial charge < -0.3 is 14.9 Å². The van der Waals surface area contributed by atoms with E-state index in [4.69, 9.17) is 38.1 Å². The molecule has 1 atom stereocenters. The first kappa shape index (κ1) is 23.3. The molecule has 3 aromatic carbocycles. The van der Waals surface area contributed by atoms with Crippen LogP contribution < -0.4 is 10.5 Å². The van der Waals surface area contributed by atoms with Crippen molar-refractivity contribution in [1.29, 1.82) is 0 Å². The molecule has 1 heterocycles. The van der Waals surface area contributed by atoms with Crippen molar-refractivity contribution < 1.29 is 17.6 Å². The summed E-state index contributed by atoms with van der Waals surface area (Å²) in [5.74, 6) is 0.632. The van der Waals surface area contributed by atoms with Gasteiger partial charge in [0.1, 0.15) is 5.75 Å². The van der Waals surface area contributed by atoms with E-state index in [2.05, 4.69) is 4.98 Å². The van der Waals surface area contributed by atoms with Crippen LogP contribution in [0.25, 0.3) is 11.5 Å². The van der Waals surface area contributed by atoms with Gasteiger partial charge in [-0.05, 0) is 42.8 Å². The number of para-hydroxylation sites is 1. The first-order valence-corrected chi connectivity index (χ1v) is 12.1. The van der Waals surface area contributed by atoms with Crippen LogP contribution in [0.1, 0.15) is 22.9 Å². The summed E-state index contributed by atoms with van der Waals surface area (Å²) in [7, 11) is -2.64. The lowest BCUT2D eigenvalue weighted by Crippen LogP contribution is -2.16. The maximum atomic E-state index is 13.6. The molecule has 1 unspecified atom stereocenters. The first-order chi connectivity index (χ1) is 15.7. The van der Waals surface area contributed by atoms with Gasteiger partial charge in [-0.25, -0.2) is 8.42 Å². The summed E-state index contributed by atoms with van der Waals surface area (Å²) >= 11 is 12.1. The van der Waals surface area contributed by atoms with Gasteiger partial charge in [-0.1, -0.05) is 59.6 Å². The Labute approximate surface area is 201 Å². The van der Waals surface area contributed by atoms with Crippen molar-refractivity contribution >= 4 is 33.0 Å². The number of oxazole rings is 1. The third kappa shape index (κ3) is 4.37. The van der Waals surface area contributed by atoms with E-state index in [1.165, 1.54) is 25.3 Å². The number of nitrogens with zero attached hydrogens (tertiary/aromatic N) is 1. The van der Waals surface area contributed by atoms with E-state index in [1.807, 2.05) is 25.1 Å². The Bertz CT molecular complexity index is 1430. The standard InChI is InChI=1S/C24H20Cl2N2O4S/c1-14-7-3-4-8-16(14)23-28-24(33(29,30)15-11-12-18(25)19(26)13-15)22(32-23)21(27)17-9-5-6-10-20(17)31-2/h3-13,21H,27H2,1-2H3. The number of halogens is 2. The Hall–Kier alpha value is -2.84. The van der Waals surface area contributed by atoms with Crippen LogP contribution in [0.2, 0.25) is 10.0 Å². The maximum absolute atomic E-state index is 13.6. The summed E-state index contributed by atoms with van der Waals surface area (Å²) in [6.07, 6.45) is 0. The lowest BCUT2D eigenvalue weighted by Gasteiger charge is -2.14. The fourth-order valence-electron chi connectivity index (χ4n) is 3.46. The Morgan fingerprint density at radius 1 is 1.00 bits per heavy atom. The number of hydrogen-bond acceptors (Lipinski definition) is 6. The molecule has 4 aromatic rings. The second-order valence-corrected chi connectivity index (χ2v) is 9.98. The Balaban J connectivity index is 1.95. The molecular formula is C24H20Cl2N2O4S. The van der Waals surface area contributed by atoms with Crippen molar-refractivity contribution in [2.24, 2.45) is 5.73 Å². The highest BCUT2D eigenvalue weighted by atomic mass is 35.5. The van der Waals surface area contributed by atoms with Crippen LogP contribution in [0.3, 0.4) is 0 Å². The van der Waals surface area contributed by atoms with Crippen LogP contribution in [-0.2, 0) is 9.84 Å². The number of rotatable bonds is 6. The van der Waals surface area contributed by atoms with Gasteiger partial charge in [-0.15, -0.1) is 0 Å². The van der Waals surface area contributed by atoms with Gasteiger partial charge in [0.2, 0.25) is 20.8 Å². The number of hydrogen-bond donors (Lipinski definition) is 1. The molecule has 0 bridgehead atoms. The zero-order valence-corrected chi connectivity index (χ0v) is 20.1. The van der Waals surface area contributed by atoms with Crippen molar-refractivity contribution in [3.8, 4) is 17.2 Å². The molecule has 0 aliphatic rings. The summed E-state index contributed by atoms with van der Waals surface area (Å²) in [5, 5.41) is 0.0517. The Kier molecular flexibility index (Phi) is 6.50. The first-order valence-electron chi connectivity index (χ1n) is 9.89. The van der Waals surface area contributed by atoms with Crippen LogP contribution in [0.15, 0.2) is 81.1 Å².